The molecule has 0 aromatic rings. The smallest absolute Gasteiger partial charge is 0.118 e. The Morgan fingerprint density at radius 3 is 2.88 bits per heavy atom. The van der Waals surface area contributed by atoms with Gasteiger partial charge in [-0.05, 0) is 6.42 Å². The highest BCUT2D eigenvalue weighted by Gasteiger charge is 2.19. The molecular weight excluding hydrogens is 217 g/mol. The van der Waals surface area contributed by atoms with Crippen LogP contribution < -0.4 is 0 Å². The van der Waals surface area contributed by atoms with Gasteiger partial charge in [0.2, 0.25) is 0 Å². The van der Waals surface area contributed by atoms with Gasteiger partial charge in [-0.1, -0.05) is 6.92 Å². The molecule has 1 atom stereocenters. The van der Waals surface area contributed by atoms with Gasteiger partial charge in [0, 0.05) is 29.4 Å². The summed E-state index contributed by atoms with van der Waals surface area (Å²) in [7, 11) is 0. The van der Waals surface area contributed by atoms with Crippen molar-refractivity contribution in [2.45, 2.75) is 19.6 Å². The second kappa shape index (κ2) is 2.98. The molecule has 1 unspecified atom stereocenters. The van der Waals surface area contributed by atoms with Crippen molar-refractivity contribution in [3.05, 3.63) is 0 Å². The van der Waals surface area contributed by atoms with Gasteiger partial charge >= 0.3 is 0 Å². The first kappa shape index (κ1) is 6.77. The van der Waals surface area contributed by atoms with Gasteiger partial charge in [-0.15, -0.1) is 0 Å². The Kier molecular flexibility index (Phi) is 2.52. The van der Waals surface area contributed by atoms with Crippen LogP contribution in [0.1, 0.15) is 13.3 Å². The second-order valence-corrected chi connectivity index (χ2v) is 3.10. The molecule has 0 aliphatic carbocycles. The summed E-state index contributed by atoms with van der Waals surface area (Å²) in [5, 5.41) is 0. The van der Waals surface area contributed by atoms with Crippen LogP contribution in [0.3, 0.4) is 0 Å². The average Bonchev–Trinajstić information content (AvgIpc) is 2.14. The highest BCUT2D eigenvalue weighted by molar-refractivity contribution is 14.1. The molecule has 0 bridgehead atoms. The van der Waals surface area contributed by atoms with E-state index in [2.05, 4.69) is 32.9 Å². The average molecular weight is 227 g/mol. The van der Waals surface area contributed by atoms with Gasteiger partial charge in [0.25, 0.3) is 0 Å². The van der Waals surface area contributed by atoms with Gasteiger partial charge in [0.1, 0.15) is 6.23 Å². The zero-order chi connectivity index (χ0) is 5.98. The van der Waals surface area contributed by atoms with E-state index in [1.54, 1.807) is 0 Å². The fraction of sp³-hybridized carbons (Fsp3) is 1.00. The quantitative estimate of drug-likeness (QED) is 0.496. The van der Waals surface area contributed by atoms with Gasteiger partial charge in [0.15, 0.2) is 0 Å². The highest BCUT2D eigenvalue weighted by atomic mass is 127. The van der Waals surface area contributed by atoms with E-state index in [4.69, 9.17) is 4.74 Å². The van der Waals surface area contributed by atoms with Crippen molar-refractivity contribution in [1.29, 1.82) is 0 Å². The van der Waals surface area contributed by atoms with E-state index in [-0.39, 0.29) is 0 Å². The predicted molar refractivity (Wildman–Crippen MR) is 40.8 cm³/mol. The molecule has 3 heteroatoms. The summed E-state index contributed by atoms with van der Waals surface area (Å²) in [4.78, 5) is 0. The largest absolute Gasteiger partial charge is 0.361 e. The summed E-state index contributed by atoms with van der Waals surface area (Å²) in [6, 6.07) is 0. The number of rotatable bonds is 1. The highest BCUT2D eigenvalue weighted by Crippen LogP contribution is 2.16. The van der Waals surface area contributed by atoms with Crippen LogP contribution in [0.2, 0.25) is 0 Å². The van der Waals surface area contributed by atoms with E-state index in [0.29, 0.717) is 6.23 Å². The Balaban J connectivity index is 2.30. The second-order valence-electron chi connectivity index (χ2n) is 1.86. The number of hydrogen-bond donors (Lipinski definition) is 0. The molecule has 0 amide bonds. The predicted octanol–water partition coefficient (Wildman–Crippen LogP) is 1.40. The number of ether oxygens (including phenoxy) is 1. The molecule has 2 nitrogen and oxygen atoms in total. The summed E-state index contributed by atoms with van der Waals surface area (Å²) >= 11 is 2.30. The van der Waals surface area contributed by atoms with E-state index < -0.39 is 0 Å². The molecule has 48 valence electrons. The maximum absolute atomic E-state index is 5.33. The molecule has 0 radical (unpaired) electrons. The van der Waals surface area contributed by atoms with E-state index in [9.17, 15) is 0 Å². The lowest BCUT2D eigenvalue weighted by atomic mass is 10.4. The molecular formula is C5H10INO. The normalized spacial score (nSPS) is 31.5. The molecule has 1 heterocycles. The third kappa shape index (κ3) is 1.33. The van der Waals surface area contributed by atoms with Crippen molar-refractivity contribution in [3.63, 3.8) is 0 Å². The monoisotopic (exact) mass is 227 g/mol. The van der Waals surface area contributed by atoms with Crippen molar-refractivity contribution in [1.82, 2.24) is 3.11 Å². The van der Waals surface area contributed by atoms with Crippen molar-refractivity contribution < 1.29 is 4.74 Å². The Labute approximate surface area is 63.7 Å². The summed E-state index contributed by atoms with van der Waals surface area (Å²) in [5.41, 5.74) is 0. The standard InChI is InChI=1S/C5H10INO/c1-2-5-7(6)3-4-8-5/h5H,2-4H2,1H3. The Morgan fingerprint density at radius 1 is 1.88 bits per heavy atom. The van der Waals surface area contributed by atoms with Crippen molar-refractivity contribution in [2.75, 3.05) is 13.2 Å². The lowest BCUT2D eigenvalue weighted by molar-refractivity contribution is 0.0754. The van der Waals surface area contributed by atoms with E-state index >= 15 is 0 Å². The fourth-order valence-electron chi connectivity index (χ4n) is 0.817. The maximum atomic E-state index is 5.33. The molecule has 0 aromatic carbocycles. The van der Waals surface area contributed by atoms with Gasteiger partial charge in [-0.3, -0.25) is 0 Å². The third-order valence-electron chi connectivity index (χ3n) is 1.28. The molecule has 8 heavy (non-hydrogen) atoms. The van der Waals surface area contributed by atoms with Gasteiger partial charge in [-0.2, -0.15) is 0 Å². The molecule has 1 aliphatic rings. The van der Waals surface area contributed by atoms with E-state index in [0.717, 1.165) is 19.6 Å². The molecule has 1 saturated heterocycles. The van der Waals surface area contributed by atoms with Crippen molar-refractivity contribution >= 4 is 22.9 Å². The molecule has 1 rings (SSSR count). The fourth-order valence-corrected chi connectivity index (χ4v) is 1.57. The Morgan fingerprint density at radius 2 is 2.62 bits per heavy atom. The van der Waals surface area contributed by atoms with Crippen LogP contribution in [0.25, 0.3) is 0 Å². The SMILES string of the molecule is CCC1OCCN1I. The summed E-state index contributed by atoms with van der Waals surface area (Å²) in [6.07, 6.45) is 1.48. The van der Waals surface area contributed by atoms with Crippen LogP contribution in [0, 0.1) is 0 Å². The Bertz CT molecular complexity index is 78.8. The maximum Gasteiger partial charge on any atom is 0.118 e. The van der Waals surface area contributed by atoms with Crippen LogP contribution in [0.4, 0.5) is 0 Å². The lowest BCUT2D eigenvalue weighted by Crippen LogP contribution is -2.18. The summed E-state index contributed by atoms with van der Waals surface area (Å²) in [6.45, 7) is 4.13. The van der Waals surface area contributed by atoms with Crippen LogP contribution in [0.5, 0.6) is 0 Å². The zero-order valence-electron chi connectivity index (χ0n) is 4.93. The third-order valence-corrected chi connectivity index (χ3v) is 2.38. The first-order chi connectivity index (χ1) is 3.84. The lowest BCUT2D eigenvalue weighted by Gasteiger charge is -2.11. The van der Waals surface area contributed by atoms with E-state index in [1.165, 1.54) is 0 Å². The van der Waals surface area contributed by atoms with Gasteiger partial charge in [0.05, 0.1) is 6.61 Å². The van der Waals surface area contributed by atoms with E-state index in [1.807, 2.05) is 0 Å². The number of hydrogen-bond acceptors (Lipinski definition) is 2. The number of halogens is 1. The van der Waals surface area contributed by atoms with Gasteiger partial charge in [-0.25, -0.2) is 3.11 Å². The van der Waals surface area contributed by atoms with Crippen molar-refractivity contribution in [3.8, 4) is 0 Å². The minimum Gasteiger partial charge on any atom is -0.361 e. The molecule has 1 fully saturated rings. The minimum absolute atomic E-state index is 0.385. The molecule has 0 saturated carbocycles. The summed E-state index contributed by atoms with van der Waals surface area (Å²) < 4.78 is 7.54. The van der Waals surface area contributed by atoms with Crippen LogP contribution in [-0.2, 0) is 4.74 Å². The number of nitrogens with zero attached hydrogens (tertiary/aromatic N) is 1. The molecule has 0 aromatic heterocycles. The zero-order valence-corrected chi connectivity index (χ0v) is 7.09. The first-order valence-electron chi connectivity index (χ1n) is 2.88. The molecule has 1 aliphatic heterocycles. The molecule has 0 N–H and O–H groups in total. The first-order valence-corrected chi connectivity index (χ1v) is 3.85. The minimum atomic E-state index is 0.385. The summed E-state index contributed by atoms with van der Waals surface area (Å²) in [5.74, 6) is 0. The van der Waals surface area contributed by atoms with Crippen molar-refractivity contribution in [2.24, 2.45) is 0 Å². The van der Waals surface area contributed by atoms with Crippen LogP contribution >= 0.6 is 22.9 Å². The van der Waals surface area contributed by atoms with Gasteiger partial charge < -0.3 is 4.74 Å². The molecule has 0 spiro atoms. The van der Waals surface area contributed by atoms with Crippen LogP contribution in [0.15, 0.2) is 0 Å². The van der Waals surface area contributed by atoms with Crippen LogP contribution in [-0.4, -0.2) is 22.5 Å². The topological polar surface area (TPSA) is 12.5 Å². The Hall–Kier alpha value is 0.650.